The molecule has 0 aliphatic heterocycles. The highest BCUT2D eigenvalue weighted by Gasteiger charge is 2.07. The summed E-state index contributed by atoms with van der Waals surface area (Å²) in [5.41, 5.74) is 2.84. The Morgan fingerprint density at radius 3 is 2.50 bits per heavy atom. The Morgan fingerprint density at radius 2 is 1.81 bits per heavy atom. The van der Waals surface area contributed by atoms with Crippen LogP contribution >= 0.6 is 0 Å². The van der Waals surface area contributed by atoms with Crippen molar-refractivity contribution in [1.29, 1.82) is 0 Å². The molecule has 0 spiro atoms. The molecular formula is C19H22N6O. The minimum absolute atomic E-state index is 0.0744. The van der Waals surface area contributed by atoms with Crippen molar-refractivity contribution in [3.63, 3.8) is 0 Å². The van der Waals surface area contributed by atoms with Gasteiger partial charge in [-0.25, -0.2) is 14.6 Å². The lowest BCUT2D eigenvalue weighted by molar-refractivity contribution is 0.0955. The molecule has 0 saturated carbocycles. The minimum Gasteiger partial charge on any atom is -0.368 e. The molecule has 26 heavy (non-hydrogen) atoms. The number of benzene rings is 1. The Kier molecular flexibility index (Phi) is 5.26. The SMILES string of the molecule is Cc1cc(C)cc(C(=O)NCCNc2cc(-n3cccn3)nc(C)n2)c1. The molecule has 0 fully saturated rings. The maximum atomic E-state index is 12.2. The summed E-state index contributed by atoms with van der Waals surface area (Å²) in [6.07, 6.45) is 3.53. The molecule has 0 bridgehead atoms. The van der Waals surface area contributed by atoms with Crippen molar-refractivity contribution in [2.45, 2.75) is 20.8 Å². The van der Waals surface area contributed by atoms with Gasteiger partial charge in [0.25, 0.3) is 5.91 Å². The highest BCUT2D eigenvalue weighted by molar-refractivity contribution is 5.94. The summed E-state index contributed by atoms with van der Waals surface area (Å²) in [6, 6.07) is 9.49. The fourth-order valence-corrected chi connectivity index (χ4v) is 2.74. The Hall–Kier alpha value is -3.22. The molecule has 7 nitrogen and oxygen atoms in total. The predicted octanol–water partition coefficient (Wildman–Crippen LogP) is 2.43. The third-order valence-electron chi connectivity index (χ3n) is 3.76. The number of carbonyl (C=O) groups excluding carboxylic acids is 1. The second-order valence-electron chi connectivity index (χ2n) is 6.17. The standard InChI is InChI=1S/C19H22N6O/c1-13-9-14(2)11-16(10-13)19(26)21-7-6-20-17-12-18(24-15(3)23-17)25-8-4-5-22-25/h4-5,8-12H,6-7H2,1-3H3,(H,21,26)(H,20,23,24). The van der Waals surface area contributed by atoms with Gasteiger partial charge >= 0.3 is 0 Å². The summed E-state index contributed by atoms with van der Waals surface area (Å²) >= 11 is 0. The maximum Gasteiger partial charge on any atom is 0.251 e. The van der Waals surface area contributed by atoms with E-state index in [-0.39, 0.29) is 5.91 Å². The number of nitrogens with zero attached hydrogens (tertiary/aromatic N) is 4. The molecule has 0 radical (unpaired) electrons. The molecule has 0 atom stereocenters. The molecule has 2 N–H and O–H groups in total. The summed E-state index contributed by atoms with van der Waals surface area (Å²) < 4.78 is 1.68. The van der Waals surface area contributed by atoms with Gasteiger partial charge < -0.3 is 10.6 Å². The number of carbonyl (C=O) groups is 1. The van der Waals surface area contributed by atoms with Crippen molar-refractivity contribution >= 4 is 11.7 Å². The molecule has 3 rings (SSSR count). The first-order chi connectivity index (χ1) is 12.5. The van der Waals surface area contributed by atoms with E-state index in [0.717, 1.165) is 11.1 Å². The molecule has 1 amide bonds. The zero-order valence-corrected chi connectivity index (χ0v) is 15.2. The van der Waals surface area contributed by atoms with Gasteiger partial charge in [0.1, 0.15) is 11.6 Å². The van der Waals surface area contributed by atoms with E-state index in [2.05, 4.69) is 25.7 Å². The van der Waals surface area contributed by atoms with Crippen LogP contribution in [0.3, 0.4) is 0 Å². The largest absolute Gasteiger partial charge is 0.368 e. The van der Waals surface area contributed by atoms with E-state index < -0.39 is 0 Å². The minimum atomic E-state index is -0.0744. The third kappa shape index (κ3) is 4.44. The topological polar surface area (TPSA) is 84.7 Å². The molecule has 0 saturated heterocycles. The van der Waals surface area contributed by atoms with Gasteiger partial charge in [-0.2, -0.15) is 5.10 Å². The van der Waals surface area contributed by atoms with E-state index in [0.29, 0.717) is 36.1 Å². The van der Waals surface area contributed by atoms with Crippen molar-refractivity contribution in [3.05, 3.63) is 65.2 Å². The average molecular weight is 350 g/mol. The first-order valence-electron chi connectivity index (χ1n) is 8.47. The Labute approximate surface area is 152 Å². The third-order valence-corrected chi connectivity index (χ3v) is 3.76. The highest BCUT2D eigenvalue weighted by atomic mass is 16.1. The number of nitrogens with one attached hydrogen (secondary N) is 2. The van der Waals surface area contributed by atoms with Crippen LogP contribution in [0.2, 0.25) is 0 Å². The molecule has 0 aliphatic rings. The number of hydrogen-bond donors (Lipinski definition) is 2. The molecular weight excluding hydrogens is 328 g/mol. The van der Waals surface area contributed by atoms with Crippen LogP contribution in [0.1, 0.15) is 27.3 Å². The van der Waals surface area contributed by atoms with E-state index >= 15 is 0 Å². The van der Waals surface area contributed by atoms with Crippen LogP contribution in [0.4, 0.5) is 5.82 Å². The lowest BCUT2D eigenvalue weighted by Crippen LogP contribution is -2.29. The van der Waals surface area contributed by atoms with E-state index in [1.807, 2.05) is 57.3 Å². The summed E-state index contributed by atoms with van der Waals surface area (Å²) in [4.78, 5) is 21.0. The lowest BCUT2D eigenvalue weighted by atomic mass is 10.1. The van der Waals surface area contributed by atoms with Crippen molar-refractivity contribution in [2.75, 3.05) is 18.4 Å². The van der Waals surface area contributed by atoms with Gasteiger partial charge in [0.05, 0.1) is 0 Å². The first kappa shape index (κ1) is 17.6. The van der Waals surface area contributed by atoms with Crippen LogP contribution in [-0.4, -0.2) is 38.7 Å². The van der Waals surface area contributed by atoms with Gasteiger partial charge in [0.15, 0.2) is 5.82 Å². The Balaban J connectivity index is 1.56. The average Bonchev–Trinajstić information content (AvgIpc) is 3.12. The van der Waals surface area contributed by atoms with Crippen molar-refractivity contribution in [1.82, 2.24) is 25.1 Å². The summed E-state index contributed by atoms with van der Waals surface area (Å²) in [7, 11) is 0. The molecule has 2 heterocycles. The van der Waals surface area contributed by atoms with Gasteiger partial charge in [-0.3, -0.25) is 4.79 Å². The highest BCUT2D eigenvalue weighted by Crippen LogP contribution is 2.10. The quantitative estimate of drug-likeness (QED) is 0.667. The molecule has 134 valence electrons. The Morgan fingerprint density at radius 1 is 1.04 bits per heavy atom. The monoisotopic (exact) mass is 350 g/mol. The van der Waals surface area contributed by atoms with Crippen LogP contribution < -0.4 is 10.6 Å². The van der Waals surface area contributed by atoms with E-state index in [4.69, 9.17) is 0 Å². The second-order valence-corrected chi connectivity index (χ2v) is 6.17. The van der Waals surface area contributed by atoms with Crippen LogP contribution in [0.15, 0.2) is 42.7 Å². The van der Waals surface area contributed by atoms with Gasteiger partial charge in [0.2, 0.25) is 0 Å². The maximum absolute atomic E-state index is 12.2. The van der Waals surface area contributed by atoms with Crippen molar-refractivity contribution in [2.24, 2.45) is 0 Å². The van der Waals surface area contributed by atoms with Crippen molar-refractivity contribution in [3.8, 4) is 5.82 Å². The number of aryl methyl sites for hydroxylation is 3. The number of aromatic nitrogens is 4. The van der Waals surface area contributed by atoms with Gasteiger partial charge in [0, 0.05) is 37.1 Å². The number of hydrogen-bond acceptors (Lipinski definition) is 5. The van der Waals surface area contributed by atoms with E-state index in [1.54, 1.807) is 10.9 Å². The summed E-state index contributed by atoms with van der Waals surface area (Å²) in [5.74, 6) is 1.97. The zero-order chi connectivity index (χ0) is 18.5. The summed E-state index contributed by atoms with van der Waals surface area (Å²) in [6.45, 7) is 6.86. The van der Waals surface area contributed by atoms with Gasteiger partial charge in [-0.05, 0) is 39.0 Å². The van der Waals surface area contributed by atoms with Crippen LogP contribution in [0, 0.1) is 20.8 Å². The molecule has 7 heteroatoms. The van der Waals surface area contributed by atoms with Crippen LogP contribution in [-0.2, 0) is 0 Å². The lowest BCUT2D eigenvalue weighted by Gasteiger charge is -2.10. The van der Waals surface area contributed by atoms with E-state index in [1.165, 1.54) is 0 Å². The molecule has 2 aromatic heterocycles. The predicted molar refractivity (Wildman–Crippen MR) is 101 cm³/mol. The number of rotatable bonds is 6. The Bertz CT molecular complexity index is 884. The van der Waals surface area contributed by atoms with Crippen molar-refractivity contribution < 1.29 is 4.79 Å². The first-order valence-corrected chi connectivity index (χ1v) is 8.47. The molecule has 1 aromatic carbocycles. The van der Waals surface area contributed by atoms with Gasteiger partial charge in [-0.15, -0.1) is 0 Å². The normalized spacial score (nSPS) is 10.6. The smallest absolute Gasteiger partial charge is 0.251 e. The zero-order valence-electron chi connectivity index (χ0n) is 15.2. The van der Waals surface area contributed by atoms with E-state index in [9.17, 15) is 4.79 Å². The van der Waals surface area contributed by atoms with Crippen LogP contribution in [0.5, 0.6) is 0 Å². The fraction of sp³-hybridized carbons (Fsp3) is 0.263. The van der Waals surface area contributed by atoms with Crippen LogP contribution in [0.25, 0.3) is 5.82 Å². The number of amides is 1. The molecule has 3 aromatic rings. The molecule has 0 aliphatic carbocycles. The fourth-order valence-electron chi connectivity index (χ4n) is 2.74. The van der Waals surface area contributed by atoms with Gasteiger partial charge in [-0.1, -0.05) is 17.2 Å². The molecule has 0 unspecified atom stereocenters. The number of anilines is 1. The second kappa shape index (κ2) is 7.77. The summed E-state index contributed by atoms with van der Waals surface area (Å²) in [5, 5.41) is 10.3.